The van der Waals surface area contributed by atoms with Gasteiger partial charge in [-0.2, -0.15) is 0 Å². The summed E-state index contributed by atoms with van der Waals surface area (Å²) in [5, 5.41) is 8.58. The highest BCUT2D eigenvalue weighted by molar-refractivity contribution is 5.81. The van der Waals surface area contributed by atoms with Crippen LogP contribution in [-0.2, 0) is 4.79 Å². The number of aliphatic carboxylic acids is 1. The van der Waals surface area contributed by atoms with Gasteiger partial charge in [-0.15, -0.1) is 0 Å². The second-order valence-electron chi connectivity index (χ2n) is 3.14. The molecule has 0 atom stereocenters. The molecule has 0 spiro atoms. The first-order chi connectivity index (χ1) is 8.72. The maximum atomic E-state index is 10.5. The Morgan fingerprint density at radius 2 is 2.00 bits per heavy atom. The van der Waals surface area contributed by atoms with E-state index >= 15 is 0 Å². The van der Waals surface area contributed by atoms with Crippen LogP contribution in [0.1, 0.15) is 0 Å². The summed E-state index contributed by atoms with van der Waals surface area (Å²) in [6.07, 6.45) is 6.74. The fourth-order valence-corrected chi connectivity index (χ4v) is 1.08. The van der Waals surface area contributed by atoms with Crippen molar-refractivity contribution in [2.75, 3.05) is 0 Å². The lowest BCUT2D eigenvalue weighted by Crippen LogP contribution is -1.95. The molecule has 1 rings (SSSR count). The van der Waals surface area contributed by atoms with Crippen LogP contribution in [0.15, 0.2) is 72.1 Å². The Morgan fingerprint density at radius 3 is 2.61 bits per heavy atom. The number of nitrogens with zero attached hydrogens (tertiary/aromatic N) is 1. The van der Waals surface area contributed by atoms with Gasteiger partial charge >= 0.3 is 5.97 Å². The summed E-state index contributed by atoms with van der Waals surface area (Å²) in [7, 11) is 0. The SMILES string of the molecule is C=CN=C/C=C(\C=C\C(=O)O)Oc1ccccc1. The van der Waals surface area contributed by atoms with E-state index in [1.54, 1.807) is 18.2 Å². The van der Waals surface area contributed by atoms with E-state index in [0.717, 1.165) is 6.08 Å². The third-order valence-electron chi connectivity index (χ3n) is 1.80. The molecule has 0 saturated carbocycles. The smallest absolute Gasteiger partial charge is 0.328 e. The van der Waals surface area contributed by atoms with Crippen molar-refractivity contribution in [3.05, 3.63) is 67.1 Å². The molecule has 0 aliphatic carbocycles. The van der Waals surface area contributed by atoms with E-state index in [-0.39, 0.29) is 0 Å². The maximum Gasteiger partial charge on any atom is 0.328 e. The van der Waals surface area contributed by atoms with Crippen LogP contribution in [0.25, 0.3) is 0 Å². The predicted molar refractivity (Wildman–Crippen MR) is 70.6 cm³/mol. The predicted octanol–water partition coefficient (Wildman–Crippen LogP) is 2.80. The van der Waals surface area contributed by atoms with Gasteiger partial charge in [0.2, 0.25) is 0 Å². The Hall–Kier alpha value is -2.62. The molecular weight excluding hydrogens is 230 g/mol. The number of hydrogen-bond acceptors (Lipinski definition) is 3. The van der Waals surface area contributed by atoms with E-state index in [1.807, 2.05) is 18.2 Å². The minimum absolute atomic E-state index is 0.370. The highest BCUT2D eigenvalue weighted by Crippen LogP contribution is 2.13. The molecule has 0 aliphatic rings. The van der Waals surface area contributed by atoms with Crippen molar-refractivity contribution in [3.8, 4) is 5.75 Å². The van der Waals surface area contributed by atoms with Crippen LogP contribution in [0.5, 0.6) is 5.75 Å². The first kappa shape index (κ1) is 13.4. The number of aliphatic imine (C=N–C) groups is 1. The number of carbonyl (C=O) groups is 1. The highest BCUT2D eigenvalue weighted by atomic mass is 16.5. The number of hydrogen-bond donors (Lipinski definition) is 1. The molecule has 92 valence electrons. The van der Waals surface area contributed by atoms with E-state index < -0.39 is 5.97 Å². The van der Waals surface area contributed by atoms with Crippen LogP contribution in [0, 0.1) is 0 Å². The van der Waals surface area contributed by atoms with Crippen LogP contribution < -0.4 is 4.74 Å². The molecule has 0 fully saturated rings. The molecule has 1 aromatic rings. The van der Waals surface area contributed by atoms with Crippen LogP contribution >= 0.6 is 0 Å². The monoisotopic (exact) mass is 243 g/mol. The van der Waals surface area contributed by atoms with Crippen LogP contribution in [-0.4, -0.2) is 17.3 Å². The van der Waals surface area contributed by atoms with E-state index in [9.17, 15) is 4.79 Å². The van der Waals surface area contributed by atoms with Crippen molar-refractivity contribution in [2.45, 2.75) is 0 Å². The average Bonchev–Trinajstić information content (AvgIpc) is 2.37. The first-order valence-electron chi connectivity index (χ1n) is 5.20. The number of ether oxygens (including phenoxy) is 1. The van der Waals surface area contributed by atoms with Gasteiger partial charge in [-0.05, 0) is 24.3 Å². The zero-order chi connectivity index (χ0) is 13.2. The Balaban J connectivity index is 2.84. The summed E-state index contributed by atoms with van der Waals surface area (Å²) >= 11 is 0. The summed E-state index contributed by atoms with van der Waals surface area (Å²) in [4.78, 5) is 14.2. The molecule has 0 heterocycles. The van der Waals surface area contributed by atoms with Crippen molar-refractivity contribution in [3.63, 3.8) is 0 Å². The molecule has 0 radical (unpaired) electrons. The maximum absolute atomic E-state index is 10.5. The van der Waals surface area contributed by atoms with E-state index in [0.29, 0.717) is 11.5 Å². The van der Waals surface area contributed by atoms with Gasteiger partial charge in [0.15, 0.2) is 0 Å². The molecular formula is C14H13NO3. The van der Waals surface area contributed by atoms with Crippen molar-refractivity contribution >= 4 is 12.2 Å². The number of para-hydroxylation sites is 1. The number of carboxylic acid groups (broad SMARTS) is 1. The van der Waals surface area contributed by atoms with Gasteiger partial charge in [0.1, 0.15) is 11.5 Å². The Kier molecular flexibility index (Phi) is 5.69. The molecule has 0 bridgehead atoms. The third kappa shape index (κ3) is 5.46. The largest absolute Gasteiger partial charge is 0.478 e. The minimum atomic E-state index is -1.04. The van der Waals surface area contributed by atoms with Gasteiger partial charge in [-0.3, -0.25) is 4.99 Å². The van der Waals surface area contributed by atoms with Crippen LogP contribution in [0.4, 0.5) is 0 Å². The van der Waals surface area contributed by atoms with E-state index in [2.05, 4.69) is 11.6 Å². The second kappa shape index (κ2) is 7.62. The van der Waals surface area contributed by atoms with Gasteiger partial charge in [-0.25, -0.2) is 4.79 Å². The lowest BCUT2D eigenvalue weighted by atomic mass is 10.3. The third-order valence-corrected chi connectivity index (χ3v) is 1.80. The van der Waals surface area contributed by atoms with Crippen molar-refractivity contribution < 1.29 is 14.6 Å². The Bertz CT molecular complexity index is 487. The molecule has 1 aromatic carbocycles. The Labute approximate surface area is 105 Å². The average molecular weight is 243 g/mol. The van der Waals surface area contributed by atoms with E-state index in [1.165, 1.54) is 18.5 Å². The zero-order valence-corrected chi connectivity index (χ0v) is 9.69. The molecule has 0 aromatic heterocycles. The van der Waals surface area contributed by atoms with Crippen LogP contribution in [0.2, 0.25) is 0 Å². The number of carboxylic acids is 1. The number of rotatable bonds is 6. The molecule has 0 aliphatic heterocycles. The lowest BCUT2D eigenvalue weighted by molar-refractivity contribution is -0.131. The molecule has 4 heteroatoms. The molecule has 0 unspecified atom stereocenters. The van der Waals surface area contributed by atoms with Crippen molar-refractivity contribution in [1.82, 2.24) is 0 Å². The lowest BCUT2D eigenvalue weighted by Gasteiger charge is -2.04. The summed E-state index contributed by atoms with van der Waals surface area (Å²) < 4.78 is 5.50. The topological polar surface area (TPSA) is 58.9 Å². The highest BCUT2D eigenvalue weighted by Gasteiger charge is 1.96. The standard InChI is InChI=1S/C14H13NO3/c1-2-15-11-10-13(8-9-14(16)17)18-12-6-4-3-5-7-12/h2-11H,1H2,(H,16,17)/b9-8+,13-10+,15-11?. The van der Waals surface area contributed by atoms with Gasteiger partial charge in [-0.1, -0.05) is 24.8 Å². The van der Waals surface area contributed by atoms with Gasteiger partial charge < -0.3 is 9.84 Å². The number of allylic oxidation sites excluding steroid dienone is 2. The van der Waals surface area contributed by atoms with Gasteiger partial charge in [0.25, 0.3) is 0 Å². The summed E-state index contributed by atoms with van der Waals surface area (Å²) in [5.74, 6) is -0.0572. The fraction of sp³-hybridized carbons (Fsp3) is 0. The Morgan fingerprint density at radius 1 is 1.28 bits per heavy atom. The van der Waals surface area contributed by atoms with Crippen LogP contribution in [0.3, 0.4) is 0 Å². The number of benzene rings is 1. The van der Waals surface area contributed by atoms with Crippen molar-refractivity contribution in [2.24, 2.45) is 4.99 Å². The molecule has 1 N–H and O–H groups in total. The van der Waals surface area contributed by atoms with Crippen molar-refractivity contribution in [1.29, 1.82) is 0 Å². The molecule has 0 saturated heterocycles. The summed E-state index contributed by atoms with van der Waals surface area (Å²) in [6.45, 7) is 3.44. The molecule has 4 nitrogen and oxygen atoms in total. The van der Waals surface area contributed by atoms with Gasteiger partial charge in [0, 0.05) is 18.5 Å². The zero-order valence-electron chi connectivity index (χ0n) is 9.69. The first-order valence-corrected chi connectivity index (χ1v) is 5.20. The van der Waals surface area contributed by atoms with Gasteiger partial charge in [0.05, 0.1) is 0 Å². The van der Waals surface area contributed by atoms with E-state index in [4.69, 9.17) is 9.84 Å². The summed E-state index contributed by atoms with van der Waals surface area (Å²) in [5.41, 5.74) is 0. The quantitative estimate of drug-likeness (QED) is 0.362. The molecule has 18 heavy (non-hydrogen) atoms. The minimum Gasteiger partial charge on any atom is -0.478 e. The normalized spacial score (nSPS) is 11.9. The molecule has 0 amide bonds. The fourth-order valence-electron chi connectivity index (χ4n) is 1.08. The summed E-state index contributed by atoms with van der Waals surface area (Å²) in [6, 6.07) is 9.06. The second-order valence-corrected chi connectivity index (χ2v) is 3.14.